The average Bonchev–Trinajstić information content (AvgIpc) is 3.62. The van der Waals surface area contributed by atoms with Gasteiger partial charge in [-0.3, -0.25) is 0 Å². The molecule has 37 heavy (non-hydrogen) atoms. The van der Waals surface area contributed by atoms with Crippen molar-refractivity contribution in [3.8, 4) is 17.1 Å². The van der Waals surface area contributed by atoms with Crippen molar-refractivity contribution in [3.05, 3.63) is 34.9 Å². The number of hydrogen-bond acceptors (Lipinski definition) is 9. The molecule has 2 aromatic heterocycles. The van der Waals surface area contributed by atoms with E-state index in [0.717, 1.165) is 50.2 Å². The monoisotopic (exact) mass is 545 g/mol. The molecule has 0 radical (unpaired) electrons. The van der Waals surface area contributed by atoms with Gasteiger partial charge < -0.3 is 26.0 Å². The van der Waals surface area contributed by atoms with E-state index >= 15 is 4.39 Å². The number of halogens is 3. The summed E-state index contributed by atoms with van der Waals surface area (Å²) in [5.41, 5.74) is 6.60. The van der Waals surface area contributed by atoms with Crippen molar-refractivity contribution in [1.29, 1.82) is 0 Å². The van der Waals surface area contributed by atoms with Crippen LogP contribution in [-0.4, -0.2) is 65.2 Å². The molecular formula is C25H26ClF2N7OS. The standard InChI is InChI=1S/C25H26ClF2N7OS/c1-35-8-2-3-13(35)11-36-25-33-20-15(23(34-25)31-12-6-7-30-10-12)9-16(26)18(19(20)28)14-4-5-17(27)22-21(14)32-24(29)37-22/h4-5,9,12-13,30H,2-3,6-8,10-11H2,1H3,(H2,29,32)(H,31,33,34)/t12?,13-/m0/s1. The van der Waals surface area contributed by atoms with E-state index in [4.69, 9.17) is 22.1 Å². The largest absolute Gasteiger partial charge is 0.462 e. The van der Waals surface area contributed by atoms with Gasteiger partial charge in [0.15, 0.2) is 10.9 Å². The number of thiazole rings is 1. The molecule has 2 fully saturated rings. The first-order chi connectivity index (χ1) is 17.9. The zero-order valence-corrected chi connectivity index (χ0v) is 21.7. The van der Waals surface area contributed by atoms with Crippen LogP contribution < -0.4 is 21.1 Å². The van der Waals surface area contributed by atoms with Crippen LogP contribution in [0.1, 0.15) is 19.3 Å². The molecule has 2 saturated heterocycles. The van der Waals surface area contributed by atoms with Crippen molar-refractivity contribution in [2.75, 3.05) is 44.3 Å². The van der Waals surface area contributed by atoms with Gasteiger partial charge >= 0.3 is 6.01 Å². The summed E-state index contributed by atoms with van der Waals surface area (Å²) in [7, 11) is 2.06. The molecule has 4 N–H and O–H groups in total. The minimum absolute atomic E-state index is 0.0679. The first-order valence-corrected chi connectivity index (χ1v) is 13.4. The molecule has 2 atom stereocenters. The van der Waals surface area contributed by atoms with Crippen molar-refractivity contribution in [2.45, 2.75) is 31.3 Å². The molecule has 2 aliphatic rings. The second-order valence-electron chi connectivity index (χ2n) is 9.54. The zero-order chi connectivity index (χ0) is 25.7. The molecule has 12 heteroatoms. The van der Waals surface area contributed by atoms with Gasteiger partial charge in [0.1, 0.15) is 23.8 Å². The molecule has 0 saturated carbocycles. The van der Waals surface area contributed by atoms with Gasteiger partial charge in [0.2, 0.25) is 0 Å². The van der Waals surface area contributed by atoms with Crippen LogP contribution in [-0.2, 0) is 0 Å². The summed E-state index contributed by atoms with van der Waals surface area (Å²) >= 11 is 7.66. The minimum Gasteiger partial charge on any atom is -0.462 e. The fourth-order valence-corrected chi connectivity index (χ4v) is 6.18. The van der Waals surface area contributed by atoms with Gasteiger partial charge in [-0.25, -0.2) is 13.8 Å². The predicted octanol–water partition coefficient (Wildman–Crippen LogP) is 4.67. The summed E-state index contributed by atoms with van der Waals surface area (Å²) < 4.78 is 37.0. The number of likely N-dealkylation sites (tertiary alicyclic amines) is 1. The van der Waals surface area contributed by atoms with Gasteiger partial charge in [0.05, 0.1) is 15.2 Å². The Kier molecular flexibility index (Phi) is 6.47. The van der Waals surface area contributed by atoms with Gasteiger partial charge in [0.25, 0.3) is 0 Å². The smallest absolute Gasteiger partial charge is 0.319 e. The number of ether oxygens (including phenoxy) is 1. The predicted molar refractivity (Wildman–Crippen MR) is 144 cm³/mol. The molecule has 2 aliphatic heterocycles. The topological polar surface area (TPSA) is 101 Å². The third kappa shape index (κ3) is 4.54. The molecule has 0 amide bonds. The van der Waals surface area contributed by atoms with Crippen LogP contribution in [0.25, 0.3) is 32.2 Å². The number of nitrogen functional groups attached to an aromatic ring is 1. The molecule has 8 nitrogen and oxygen atoms in total. The van der Waals surface area contributed by atoms with E-state index in [0.29, 0.717) is 23.4 Å². The number of nitrogens with one attached hydrogen (secondary N) is 2. The summed E-state index contributed by atoms with van der Waals surface area (Å²) in [5, 5.41) is 7.49. The number of benzene rings is 2. The Morgan fingerprint density at radius 3 is 2.86 bits per heavy atom. The van der Waals surface area contributed by atoms with Crippen molar-refractivity contribution in [3.63, 3.8) is 0 Å². The fourth-order valence-electron chi connectivity index (χ4n) is 5.12. The van der Waals surface area contributed by atoms with Crippen LogP contribution >= 0.6 is 22.9 Å². The lowest BCUT2D eigenvalue weighted by molar-refractivity contribution is 0.188. The molecule has 6 rings (SSSR count). The van der Waals surface area contributed by atoms with E-state index in [1.54, 1.807) is 6.07 Å². The summed E-state index contributed by atoms with van der Waals surface area (Å²) in [4.78, 5) is 15.6. The number of anilines is 2. The van der Waals surface area contributed by atoms with E-state index < -0.39 is 11.6 Å². The lowest BCUT2D eigenvalue weighted by atomic mass is 10.0. The third-order valence-corrected chi connectivity index (χ3v) is 8.31. The number of rotatable bonds is 6. The molecule has 2 aromatic carbocycles. The Bertz CT molecular complexity index is 1490. The normalized spacial score (nSPS) is 20.3. The van der Waals surface area contributed by atoms with Crippen molar-refractivity contribution in [2.24, 2.45) is 0 Å². The minimum atomic E-state index is -0.653. The highest BCUT2D eigenvalue weighted by molar-refractivity contribution is 7.22. The highest BCUT2D eigenvalue weighted by Gasteiger charge is 2.26. The highest BCUT2D eigenvalue weighted by Crippen LogP contribution is 2.42. The number of aromatic nitrogens is 3. The van der Waals surface area contributed by atoms with E-state index in [1.165, 1.54) is 12.1 Å². The summed E-state index contributed by atoms with van der Waals surface area (Å²) in [5.74, 6) is -0.667. The van der Waals surface area contributed by atoms with E-state index in [1.807, 2.05) is 0 Å². The first kappa shape index (κ1) is 24.5. The zero-order valence-electron chi connectivity index (χ0n) is 20.2. The van der Waals surface area contributed by atoms with Crippen LogP contribution in [0.4, 0.5) is 19.7 Å². The lowest BCUT2D eigenvalue weighted by Gasteiger charge is -2.20. The van der Waals surface area contributed by atoms with Gasteiger partial charge in [-0.1, -0.05) is 22.9 Å². The molecule has 1 unspecified atom stereocenters. The molecule has 4 aromatic rings. The maximum absolute atomic E-state index is 16.3. The number of nitrogens with two attached hydrogens (primary N) is 1. The van der Waals surface area contributed by atoms with Crippen molar-refractivity contribution in [1.82, 2.24) is 25.2 Å². The Morgan fingerprint density at radius 1 is 1.24 bits per heavy atom. The number of fused-ring (bicyclic) bond motifs is 2. The number of hydrogen-bond donors (Lipinski definition) is 3. The third-order valence-electron chi connectivity index (χ3n) is 7.12. The Hall–Kier alpha value is -2.86. The summed E-state index contributed by atoms with van der Waals surface area (Å²) in [6, 6.07) is 4.84. The molecule has 4 heterocycles. The Balaban J connectivity index is 1.48. The fraction of sp³-hybridized carbons (Fsp3) is 0.400. The average molecular weight is 546 g/mol. The number of likely N-dealkylation sites (N-methyl/N-ethyl adjacent to an activating group) is 1. The molecular weight excluding hydrogens is 520 g/mol. The van der Waals surface area contributed by atoms with E-state index in [2.05, 4.69) is 37.5 Å². The molecule has 0 aliphatic carbocycles. The second-order valence-corrected chi connectivity index (χ2v) is 11.0. The Labute approximate surface area is 221 Å². The van der Waals surface area contributed by atoms with Crippen molar-refractivity contribution < 1.29 is 13.5 Å². The Morgan fingerprint density at radius 2 is 2.11 bits per heavy atom. The SMILES string of the molecule is CN1CCC[C@H]1COc1nc(NC2CCNC2)c2cc(Cl)c(-c3ccc(F)c4sc(N)nc34)c(F)c2n1. The van der Waals surface area contributed by atoms with Crippen LogP contribution in [0.2, 0.25) is 5.02 Å². The molecule has 0 spiro atoms. The van der Waals surface area contributed by atoms with Gasteiger partial charge in [0, 0.05) is 35.1 Å². The van der Waals surface area contributed by atoms with Crippen LogP contribution in [0.5, 0.6) is 6.01 Å². The summed E-state index contributed by atoms with van der Waals surface area (Å²) in [6.45, 7) is 3.07. The maximum Gasteiger partial charge on any atom is 0.319 e. The maximum atomic E-state index is 16.3. The van der Waals surface area contributed by atoms with Gasteiger partial charge in [-0.15, -0.1) is 0 Å². The first-order valence-electron chi connectivity index (χ1n) is 12.2. The van der Waals surface area contributed by atoms with E-state index in [9.17, 15) is 4.39 Å². The van der Waals surface area contributed by atoms with Gasteiger partial charge in [-0.05, 0) is 57.6 Å². The lowest BCUT2D eigenvalue weighted by Crippen LogP contribution is -2.31. The van der Waals surface area contributed by atoms with Crippen LogP contribution in [0.15, 0.2) is 18.2 Å². The quantitative estimate of drug-likeness (QED) is 0.321. The summed E-state index contributed by atoms with van der Waals surface area (Å²) in [6.07, 6.45) is 3.03. The molecule has 194 valence electrons. The van der Waals surface area contributed by atoms with Crippen LogP contribution in [0.3, 0.4) is 0 Å². The highest BCUT2D eigenvalue weighted by atomic mass is 35.5. The van der Waals surface area contributed by atoms with E-state index in [-0.39, 0.29) is 49.5 Å². The number of nitrogens with zero attached hydrogens (tertiary/aromatic N) is 4. The van der Waals surface area contributed by atoms with Gasteiger partial charge in [-0.2, -0.15) is 9.97 Å². The second kappa shape index (κ2) is 9.79. The molecule has 0 bridgehead atoms. The van der Waals surface area contributed by atoms with Crippen molar-refractivity contribution >= 4 is 55.0 Å². The van der Waals surface area contributed by atoms with Crippen LogP contribution in [0, 0.1) is 11.6 Å².